The molecule has 1 amide bonds. The SMILES string of the molecule is CNC(=O)C(C)(Cc1ccc(Cl)cc1F)C(=O)O. The predicted molar refractivity (Wildman–Crippen MR) is 64.9 cm³/mol. The van der Waals surface area contributed by atoms with E-state index in [4.69, 9.17) is 16.7 Å². The summed E-state index contributed by atoms with van der Waals surface area (Å²) >= 11 is 5.60. The van der Waals surface area contributed by atoms with E-state index in [0.717, 1.165) is 6.07 Å². The maximum Gasteiger partial charge on any atom is 0.319 e. The van der Waals surface area contributed by atoms with E-state index in [2.05, 4.69) is 5.32 Å². The van der Waals surface area contributed by atoms with Crippen LogP contribution in [0.5, 0.6) is 0 Å². The second-order valence-electron chi connectivity index (χ2n) is 4.13. The number of rotatable bonds is 4. The van der Waals surface area contributed by atoms with Gasteiger partial charge in [0.15, 0.2) is 0 Å². The van der Waals surface area contributed by atoms with Crippen LogP contribution >= 0.6 is 11.6 Å². The highest BCUT2D eigenvalue weighted by Gasteiger charge is 2.41. The Kier molecular flexibility index (Phi) is 4.29. The summed E-state index contributed by atoms with van der Waals surface area (Å²) in [6.07, 6.45) is -0.245. The highest BCUT2D eigenvalue weighted by Crippen LogP contribution is 2.26. The van der Waals surface area contributed by atoms with Crippen molar-refractivity contribution in [2.75, 3.05) is 7.05 Å². The summed E-state index contributed by atoms with van der Waals surface area (Å²) in [6, 6.07) is 3.91. The fourth-order valence-electron chi connectivity index (χ4n) is 1.57. The number of benzene rings is 1. The highest BCUT2D eigenvalue weighted by atomic mass is 35.5. The number of carboxylic acid groups (broad SMARTS) is 1. The van der Waals surface area contributed by atoms with Crippen LogP contribution in [0.25, 0.3) is 0 Å². The van der Waals surface area contributed by atoms with E-state index in [1.807, 2.05) is 0 Å². The Morgan fingerprint density at radius 1 is 1.50 bits per heavy atom. The lowest BCUT2D eigenvalue weighted by Gasteiger charge is -2.23. The lowest BCUT2D eigenvalue weighted by molar-refractivity contribution is -0.154. The van der Waals surface area contributed by atoms with E-state index in [0.29, 0.717) is 0 Å². The summed E-state index contributed by atoms with van der Waals surface area (Å²) in [5, 5.41) is 11.6. The molecule has 0 aromatic heterocycles. The minimum atomic E-state index is -1.72. The molecule has 0 saturated carbocycles. The molecule has 1 atom stereocenters. The van der Waals surface area contributed by atoms with Gasteiger partial charge in [-0.1, -0.05) is 17.7 Å². The van der Waals surface area contributed by atoms with Crippen molar-refractivity contribution in [2.24, 2.45) is 5.41 Å². The predicted octanol–water partition coefficient (Wildman–Crippen LogP) is 1.86. The topological polar surface area (TPSA) is 66.4 Å². The highest BCUT2D eigenvalue weighted by molar-refractivity contribution is 6.30. The molecule has 0 radical (unpaired) electrons. The molecule has 0 saturated heterocycles. The van der Waals surface area contributed by atoms with E-state index >= 15 is 0 Å². The Hall–Kier alpha value is -1.62. The number of carbonyl (C=O) groups excluding carboxylic acids is 1. The number of hydrogen-bond donors (Lipinski definition) is 2. The second-order valence-corrected chi connectivity index (χ2v) is 4.57. The summed E-state index contributed by atoms with van der Waals surface area (Å²) < 4.78 is 13.6. The molecule has 0 spiro atoms. The third kappa shape index (κ3) is 2.79. The van der Waals surface area contributed by atoms with Crippen molar-refractivity contribution in [2.45, 2.75) is 13.3 Å². The zero-order valence-corrected chi connectivity index (χ0v) is 10.7. The van der Waals surface area contributed by atoms with Crippen LogP contribution in [0, 0.1) is 11.2 Å². The van der Waals surface area contributed by atoms with Crippen LogP contribution < -0.4 is 5.32 Å². The minimum Gasteiger partial charge on any atom is -0.480 e. The summed E-state index contributed by atoms with van der Waals surface area (Å²) in [4.78, 5) is 22.8. The van der Waals surface area contributed by atoms with Gasteiger partial charge in [0.05, 0.1) is 0 Å². The summed E-state index contributed by atoms with van der Waals surface area (Å²) in [6.45, 7) is 1.25. The Bertz CT molecular complexity index is 492. The molecule has 2 N–H and O–H groups in total. The third-order valence-electron chi connectivity index (χ3n) is 2.76. The Labute approximate surface area is 109 Å². The van der Waals surface area contributed by atoms with Gasteiger partial charge in [-0.2, -0.15) is 0 Å². The molecule has 18 heavy (non-hydrogen) atoms. The number of aliphatic carboxylic acids is 1. The number of carboxylic acids is 1. The van der Waals surface area contributed by atoms with Gasteiger partial charge < -0.3 is 10.4 Å². The molecule has 0 aliphatic carbocycles. The normalized spacial score (nSPS) is 13.8. The molecule has 1 aromatic carbocycles. The van der Waals surface area contributed by atoms with Crippen LogP contribution in [0.2, 0.25) is 5.02 Å². The number of halogens is 2. The number of amides is 1. The standard InChI is InChI=1S/C12H13ClFNO3/c1-12(11(17)18,10(16)15-2)6-7-3-4-8(13)5-9(7)14/h3-5H,6H2,1-2H3,(H,15,16)(H,17,18). The average molecular weight is 274 g/mol. The van der Waals surface area contributed by atoms with Gasteiger partial charge in [0, 0.05) is 18.5 Å². The molecule has 98 valence electrons. The molecular weight excluding hydrogens is 261 g/mol. The summed E-state index contributed by atoms with van der Waals surface area (Å²) in [5.41, 5.74) is -1.59. The molecule has 4 nitrogen and oxygen atoms in total. The Morgan fingerprint density at radius 2 is 2.11 bits per heavy atom. The first-order valence-corrected chi connectivity index (χ1v) is 5.58. The number of hydrogen-bond acceptors (Lipinski definition) is 2. The Balaban J connectivity index is 3.12. The summed E-state index contributed by atoms with van der Waals surface area (Å²) in [5.74, 6) is -2.61. The summed E-state index contributed by atoms with van der Waals surface area (Å²) in [7, 11) is 1.34. The lowest BCUT2D eigenvalue weighted by Crippen LogP contribution is -2.44. The molecule has 1 rings (SSSR count). The van der Waals surface area contributed by atoms with Gasteiger partial charge in [-0.15, -0.1) is 0 Å². The van der Waals surface area contributed by atoms with Crippen molar-refractivity contribution in [3.8, 4) is 0 Å². The number of nitrogens with one attached hydrogen (secondary N) is 1. The lowest BCUT2D eigenvalue weighted by atomic mass is 9.82. The molecule has 0 fully saturated rings. The van der Waals surface area contributed by atoms with Crippen molar-refractivity contribution < 1.29 is 19.1 Å². The Morgan fingerprint density at radius 3 is 2.56 bits per heavy atom. The minimum absolute atomic E-state index is 0.132. The van der Waals surface area contributed by atoms with E-state index in [-0.39, 0.29) is 17.0 Å². The van der Waals surface area contributed by atoms with Crippen molar-refractivity contribution in [1.29, 1.82) is 0 Å². The molecule has 1 aromatic rings. The van der Waals surface area contributed by atoms with E-state index in [1.54, 1.807) is 0 Å². The van der Waals surface area contributed by atoms with Gasteiger partial charge in [-0.3, -0.25) is 9.59 Å². The molecule has 0 aliphatic rings. The van der Waals surface area contributed by atoms with Crippen molar-refractivity contribution in [1.82, 2.24) is 5.32 Å². The maximum atomic E-state index is 13.6. The van der Waals surface area contributed by atoms with Crippen LogP contribution in [0.4, 0.5) is 4.39 Å². The first kappa shape index (κ1) is 14.4. The van der Waals surface area contributed by atoms with Crippen LogP contribution in [-0.2, 0) is 16.0 Å². The fourth-order valence-corrected chi connectivity index (χ4v) is 1.73. The quantitative estimate of drug-likeness (QED) is 0.823. The van der Waals surface area contributed by atoms with Gasteiger partial charge in [0.1, 0.15) is 11.2 Å². The van der Waals surface area contributed by atoms with Gasteiger partial charge in [-0.25, -0.2) is 4.39 Å². The molecule has 0 aliphatic heterocycles. The van der Waals surface area contributed by atoms with Crippen LogP contribution in [-0.4, -0.2) is 24.0 Å². The smallest absolute Gasteiger partial charge is 0.319 e. The van der Waals surface area contributed by atoms with E-state index in [1.165, 1.54) is 26.1 Å². The van der Waals surface area contributed by atoms with E-state index in [9.17, 15) is 14.0 Å². The average Bonchev–Trinajstić information content (AvgIpc) is 2.31. The van der Waals surface area contributed by atoms with Gasteiger partial charge in [0.2, 0.25) is 5.91 Å². The number of carbonyl (C=O) groups is 2. The fraction of sp³-hybridized carbons (Fsp3) is 0.333. The van der Waals surface area contributed by atoms with Gasteiger partial charge >= 0.3 is 5.97 Å². The van der Waals surface area contributed by atoms with Crippen molar-refractivity contribution in [3.63, 3.8) is 0 Å². The largest absolute Gasteiger partial charge is 0.480 e. The molecule has 0 heterocycles. The first-order chi connectivity index (χ1) is 8.31. The zero-order valence-electron chi connectivity index (χ0n) is 9.96. The molecule has 6 heteroatoms. The maximum absolute atomic E-state index is 13.6. The first-order valence-electron chi connectivity index (χ1n) is 5.20. The van der Waals surface area contributed by atoms with E-state index < -0.39 is 23.1 Å². The third-order valence-corrected chi connectivity index (χ3v) is 2.99. The monoisotopic (exact) mass is 273 g/mol. The molecular formula is C12H13ClFNO3. The molecule has 0 bridgehead atoms. The van der Waals surface area contributed by atoms with Crippen molar-refractivity contribution in [3.05, 3.63) is 34.6 Å². The van der Waals surface area contributed by atoms with Crippen LogP contribution in [0.1, 0.15) is 12.5 Å². The molecule has 1 unspecified atom stereocenters. The second kappa shape index (κ2) is 5.35. The van der Waals surface area contributed by atoms with Crippen LogP contribution in [0.15, 0.2) is 18.2 Å². The zero-order chi connectivity index (χ0) is 13.9. The van der Waals surface area contributed by atoms with Crippen molar-refractivity contribution >= 4 is 23.5 Å². The van der Waals surface area contributed by atoms with Crippen LogP contribution in [0.3, 0.4) is 0 Å². The van der Waals surface area contributed by atoms with Gasteiger partial charge in [0.25, 0.3) is 0 Å². The van der Waals surface area contributed by atoms with Gasteiger partial charge in [-0.05, 0) is 24.6 Å².